The van der Waals surface area contributed by atoms with Crippen LogP contribution in [0.1, 0.15) is 43.9 Å². The Hall–Kier alpha value is -1.57. The highest BCUT2D eigenvalue weighted by Gasteiger charge is 2.35. The molecule has 4 nitrogen and oxygen atoms in total. The molecule has 0 bridgehead atoms. The summed E-state index contributed by atoms with van der Waals surface area (Å²) in [4.78, 5) is 4.97. The number of aliphatic hydroxyl groups is 1. The van der Waals surface area contributed by atoms with E-state index in [0.717, 1.165) is 24.3 Å². The van der Waals surface area contributed by atoms with Gasteiger partial charge in [0.15, 0.2) is 0 Å². The van der Waals surface area contributed by atoms with Gasteiger partial charge in [0.1, 0.15) is 0 Å². The Kier molecular flexibility index (Phi) is 3.88. The minimum atomic E-state index is -0.512. The van der Waals surface area contributed by atoms with Gasteiger partial charge < -0.3 is 10.0 Å². The first kappa shape index (κ1) is 14.4. The van der Waals surface area contributed by atoms with Crippen molar-refractivity contribution in [3.05, 3.63) is 29.3 Å². The van der Waals surface area contributed by atoms with E-state index in [0.29, 0.717) is 17.6 Å². The molecule has 2 heterocycles. The fourth-order valence-corrected chi connectivity index (χ4v) is 3.74. The Morgan fingerprint density at radius 2 is 2.19 bits per heavy atom. The minimum absolute atomic E-state index is 0.408. The maximum Gasteiger partial charge on any atom is 0.0992 e. The summed E-state index contributed by atoms with van der Waals surface area (Å²) < 4.78 is 0. The summed E-state index contributed by atoms with van der Waals surface area (Å²) in [6, 6.07) is 8.86. The lowest BCUT2D eigenvalue weighted by Gasteiger charge is -2.44. The van der Waals surface area contributed by atoms with Gasteiger partial charge in [-0.1, -0.05) is 6.07 Å². The average molecular weight is 285 g/mol. The van der Waals surface area contributed by atoms with Gasteiger partial charge in [0, 0.05) is 36.4 Å². The Morgan fingerprint density at radius 3 is 2.90 bits per heavy atom. The van der Waals surface area contributed by atoms with E-state index >= 15 is 0 Å². The Labute approximate surface area is 126 Å². The number of fused-ring (bicyclic) bond motifs is 1. The smallest absolute Gasteiger partial charge is 0.0992 e. The second kappa shape index (κ2) is 5.67. The second-order valence-corrected chi connectivity index (χ2v) is 6.35. The molecule has 0 saturated carbocycles. The monoisotopic (exact) mass is 285 g/mol. The third-order valence-corrected chi connectivity index (χ3v) is 4.86. The maximum absolute atomic E-state index is 10.1. The fourth-order valence-electron chi connectivity index (χ4n) is 3.74. The molecule has 0 amide bonds. The number of hydrogen-bond acceptors (Lipinski definition) is 4. The standard InChI is InChI=1S/C17H23N3O/c1-12-10-19-7-3-4-15(19)11-20(12)17-8-14(9-18)5-6-16(17)13(2)21/h5-6,8,12-13,15,21H,3-4,7,10-11H2,1-2H3. The van der Waals surface area contributed by atoms with E-state index in [2.05, 4.69) is 22.8 Å². The Balaban J connectivity index is 1.96. The summed E-state index contributed by atoms with van der Waals surface area (Å²) in [5.41, 5.74) is 2.62. The lowest BCUT2D eigenvalue weighted by Crippen LogP contribution is -2.55. The predicted molar refractivity (Wildman–Crippen MR) is 83.2 cm³/mol. The number of piperazine rings is 1. The summed E-state index contributed by atoms with van der Waals surface area (Å²) in [5.74, 6) is 0. The van der Waals surface area contributed by atoms with Gasteiger partial charge in [-0.2, -0.15) is 5.26 Å². The van der Waals surface area contributed by atoms with Crippen LogP contribution < -0.4 is 4.90 Å². The van der Waals surface area contributed by atoms with Gasteiger partial charge in [-0.25, -0.2) is 0 Å². The second-order valence-electron chi connectivity index (χ2n) is 6.35. The van der Waals surface area contributed by atoms with Crippen molar-refractivity contribution in [3.8, 4) is 6.07 Å². The van der Waals surface area contributed by atoms with Crippen molar-refractivity contribution in [1.82, 2.24) is 4.90 Å². The molecule has 1 N–H and O–H groups in total. The maximum atomic E-state index is 10.1. The molecule has 0 aliphatic carbocycles. The fraction of sp³-hybridized carbons (Fsp3) is 0.588. The molecule has 2 saturated heterocycles. The molecule has 0 spiro atoms. The van der Waals surface area contributed by atoms with Crippen molar-refractivity contribution >= 4 is 5.69 Å². The average Bonchev–Trinajstić information content (AvgIpc) is 2.92. The van der Waals surface area contributed by atoms with Gasteiger partial charge >= 0.3 is 0 Å². The summed E-state index contributed by atoms with van der Waals surface area (Å²) in [6.45, 7) is 7.31. The van der Waals surface area contributed by atoms with E-state index in [1.807, 2.05) is 12.1 Å². The molecule has 3 atom stereocenters. The van der Waals surface area contributed by atoms with Crippen LogP contribution in [0.5, 0.6) is 0 Å². The van der Waals surface area contributed by atoms with E-state index in [9.17, 15) is 5.11 Å². The van der Waals surface area contributed by atoms with Gasteiger partial charge in [0.2, 0.25) is 0 Å². The van der Waals surface area contributed by atoms with Gasteiger partial charge in [-0.15, -0.1) is 0 Å². The third kappa shape index (κ3) is 2.64. The first-order valence-electron chi connectivity index (χ1n) is 7.83. The third-order valence-electron chi connectivity index (χ3n) is 4.86. The van der Waals surface area contributed by atoms with Crippen LogP contribution in [-0.2, 0) is 0 Å². The minimum Gasteiger partial charge on any atom is -0.389 e. The number of hydrogen-bond donors (Lipinski definition) is 1. The van der Waals surface area contributed by atoms with Crippen LogP contribution in [0.4, 0.5) is 5.69 Å². The molecular weight excluding hydrogens is 262 g/mol. The molecule has 21 heavy (non-hydrogen) atoms. The molecule has 0 radical (unpaired) electrons. The Morgan fingerprint density at radius 1 is 1.38 bits per heavy atom. The van der Waals surface area contributed by atoms with E-state index in [1.165, 1.54) is 19.4 Å². The molecule has 112 valence electrons. The summed E-state index contributed by atoms with van der Waals surface area (Å²) >= 11 is 0. The largest absolute Gasteiger partial charge is 0.389 e. The molecule has 1 aromatic carbocycles. The van der Waals surface area contributed by atoms with Crippen molar-refractivity contribution in [1.29, 1.82) is 5.26 Å². The molecule has 1 aromatic rings. The van der Waals surface area contributed by atoms with Crippen LogP contribution in [-0.4, -0.2) is 41.7 Å². The van der Waals surface area contributed by atoms with Crippen molar-refractivity contribution < 1.29 is 5.11 Å². The normalized spacial score (nSPS) is 27.2. The van der Waals surface area contributed by atoms with Crippen LogP contribution in [0.15, 0.2) is 18.2 Å². The van der Waals surface area contributed by atoms with Crippen molar-refractivity contribution in [2.45, 2.75) is 44.9 Å². The zero-order valence-electron chi connectivity index (χ0n) is 12.8. The van der Waals surface area contributed by atoms with Gasteiger partial charge in [0.05, 0.1) is 17.7 Å². The number of rotatable bonds is 2. The van der Waals surface area contributed by atoms with Crippen LogP contribution in [0, 0.1) is 11.3 Å². The Bertz CT molecular complexity index is 564. The van der Waals surface area contributed by atoms with Crippen LogP contribution >= 0.6 is 0 Å². The van der Waals surface area contributed by atoms with Gasteiger partial charge in [0.25, 0.3) is 0 Å². The zero-order chi connectivity index (χ0) is 15.0. The number of nitrogens with zero attached hydrogens (tertiary/aromatic N) is 3. The molecular formula is C17H23N3O. The zero-order valence-corrected chi connectivity index (χ0v) is 12.8. The molecule has 0 aromatic heterocycles. The quantitative estimate of drug-likeness (QED) is 0.906. The van der Waals surface area contributed by atoms with Crippen molar-refractivity contribution in [2.75, 3.05) is 24.5 Å². The van der Waals surface area contributed by atoms with Gasteiger partial charge in [-0.05, 0) is 45.4 Å². The lowest BCUT2D eigenvalue weighted by molar-refractivity contribution is 0.192. The van der Waals surface area contributed by atoms with Crippen LogP contribution in [0.3, 0.4) is 0 Å². The molecule has 3 unspecified atom stereocenters. The predicted octanol–water partition coefficient (Wildman–Crippen LogP) is 2.28. The highest BCUT2D eigenvalue weighted by Crippen LogP contribution is 2.33. The number of aliphatic hydroxyl groups excluding tert-OH is 1. The molecule has 3 rings (SSSR count). The van der Waals surface area contributed by atoms with E-state index in [-0.39, 0.29) is 0 Å². The summed E-state index contributed by atoms with van der Waals surface area (Å²) in [5, 5.41) is 19.2. The van der Waals surface area contributed by atoms with E-state index < -0.39 is 6.10 Å². The SMILES string of the molecule is CC(O)c1ccc(C#N)cc1N1CC2CCCN2CC1C. The molecule has 2 aliphatic heterocycles. The van der Waals surface area contributed by atoms with E-state index in [4.69, 9.17) is 5.26 Å². The van der Waals surface area contributed by atoms with E-state index in [1.54, 1.807) is 13.0 Å². The highest BCUT2D eigenvalue weighted by atomic mass is 16.3. The topological polar surface area (TPSA) is 50.5 Å². The molecule has 2 fully saturated rings. The summed E-state index contributed by atoms with van der Waals surface area (Å²) in [7, 11) is 0. The first-order valence-corrected chi connectivity index (χ1v) is 7.83. The van der Waals surface area contributed by atoms with Crippen molar-refractivity contribution in [2.24, 2.45) is 0 Å². The van der Waals surface area contributed by atoms with Gasteiger partial charge in [-0.3, -0.25) is 4.90 Å². The first-order chi connectivity index (χ1) is 10.1. The van der Waals surface area contributed by atoms with Crippen LogP contribution in [0.2, 0.25) is 0 Å². The lowest BCUT2D eigenvalue weighted by atomic mass is 10.0. The number of benzene rings is 1. The van der Waals surface area contributed by atoms with Crippen molar-refractivity contribution in [3.63, 3.8) is 0 Å². The summed E-state index contributed by atoms with van der Waals surface area (Å²) in [6.07, 6.45) is 2.03. The highest BCUT2D eigenvalue weighted by molar-refractivity contribution is 5.59. The van der Waals surface area contributed by atoms with Crippen LogP contribution in [0.25, 0.3) is 0 Å². The molecule has 4 heteroatoms. The number of anilines is 1. The number of nitriles is 1. The molecule has 2 aliphatic rings.